The van der Waals surface area contributed by atoms with Crippen LogP contribution >= 0.6 is 11.3 Å². The highest BCUT2D eigenvalue weighted by molar-refractivity contribution is 7.07. The van der Waals surface area contributed by atoms with Crippen LogP contribution in [0.15, 0.2) is 23.3 Å². The summed E-state index contributed by atoms with van der Waals surface area (Å²) in [6.45, 7) is 3.15. The van der Waals surface area contributed by atoms with Crippen LogP contribution in [-0.4, -0.2) is 64.0 Å². The molecular formula is C16H23N5OS. The Kier molecular flexibility index (Phi) is 5.07. The highest BCUT2D eigenvalue weighted by atomic mass is 32.1. The zero-order chi connectivity index (χ0) is 16.2. The highest BCUT2D eigenvalue weighted by Gasteiger charge is 2.26. The molecule has 23 heavy (non-hydrogen) atoms. The van der Waals surface area contributed by atoms with Crippen LogP contribution in [0.2, 0.25) is 0 Å². The standard InChI is InChI=1S/C16H23N5OS/c1-19(2)15(22)10-20-6-3-4-13(8-20)16-17-5-7-21(16)9-14-11-23-12-18-14/h5,7,11-13H,3-4,6,8-10H2,1-2H3/t13-/m1/s1. The van der Waals surface area contributed by atoms with Gasteiger partial charge in [-0.15, -0.1) is 11.3 Å². The van der Waals surface area contributed by atoms with Crippen LogP contribution in [0.1, 0.15) is 30.3 Å². The maximum Gasteiger partial charge on any atom is 0.236 e. The molecule has 0 bridgehead atoms. The molecule has 1 aliphatic rings. The topological polar surface area (TPSA) is 54.3 Å². The third-order valence-corrected chi connectivity index (χ3v) is 4.93. The van der Waals surface area contributed by atoms with Gasteiger partial charge < -0.3 is 9.47 Å². The second-order valence-corrected chi connectivity index (χ2v) is 6.97. The minimum Gasteiger partial charge on any atom is -0.348 e. The van der Waals surface area contributed by atoms with Gasteiger partial charge in [-0.1, -0.05) is 0 Å². The van der Waals surface area contributed by atoms with E-state index in [9.17, 15) is 4.79 Å². The number of aromatic nitrogens is 3. The average molecular weight is 333 g/mol. The van der Waals surface area contributed by atoms with Gasteiger partial charge in [0.1, 0.15) is 5.82 Å². The number of hydrogen-bond donors (Lipinski definition) is 0. The maximum atomic E-state index is 11.9. The molecular weight excluding hydrogens is 310 g/mol. The number of hydrogen-bond acceptors (Lipinski definition) is 5. The quantitative estimate of drug-likeness (QED) is 0.835. The fourth-order valence-electron chi connectivity index (χ4n) is 3.05. The predicted molar refractivity (Wildman–Crippen MR) is 90.6 cm³/mol. The molecule has 1 fully saturated rings. The predicted octanol–water partition coefficient (Wildman–Crippen LogP) is 1.66. The van der Waals surface area contributed by atoms with Crippen LogP contribution in [0.5, 0.6) is 0 Å². The van der Waals surface area contributed by atoms with Crippen molar-refractivity contribution >= 4 is 17.2 Å². The lowest BCUT2D eigenvalue weighted by molar-refractivity contribution is -0.130. The van der Waals surface area contributed by atoms with Crippen LogP contribution in [0, 0.1) is 0 Å². The maximum absolute atomic E-state index is 11.9. The molecule has 1 aliphatic heterocycles. The third-order valence-electron chi connectivity index (χ3n) is 4.29. The lowest BCUT2D eigenvalue weighted by Crippen LogP contribution is -2.42. The van der Waals surface area contributed by atoms with Crippen LogP contribution in [0.3, 0.4) is 0 Å². The van der Waals surface area contributed by atoms with Crippen molar-refractivity contribution in [3.63, 3.8) is 0 Å². The Morgan fingerprint density at radius 1 is 1.43 bits per heavy atom. The number of rotatable bonds is 5. The number of likely N-dealkylation sites (N-methyl/N-ethyl adjacent to an activating group) is 1. The summed E-state index contributed by atoms with van der Waals surface area (Å²) in [6, 6.07) is 0. The normalized spacial score (nSPS) is 19.0. The Morgan fingerprint density at radius 3 is 3.04 bits per heavy atom. The van der Waals surface area contributed by atoms with Gasteiger partial charge in [0.2, 0.25) is 5.91 Å². The minimum atomic E-state index is 0.163. The fourth-order valence-corrected chi connectivity index (χ4v) is 3.60. The second-order valence-electron chi connectivity index (χ2n) is 6.26. The Bertz CT molecular complexity index is 637. The van der Waals surface area contributed by atoms with E-state index in [0.29, 0.717) is 12.5 Å². The van der Waals surface area contributed by atoms with E-state index < -0.39 is 0 Å². The summed E-state index contributed by atoms with van der Waals surface area (Å²) in [6.07, 6.45) is 6.12. The first kappa shape index (κ1) is 16.1. The Morgan fingerprint density at radius 2 is 2.30 bits per heavy atom. The van der Waals surface area contributed by atoms with Crippen LogP contribution in [-0.2, 0) is 11.3 Å². The van der Waals surface area contributed by atoms with Gasteiger partial charge in [-0.3, -0.25) is 9.69 Å². The molecule has 0 unspecified atom stereocenters. The number of imidazole rings is 1. The molecule has 3 heterocycles. The number of nitrogens with zero attached hydrogens (tertiary/aromatic N) is 5. The number of carbonyl (C=O) groups is 1. The molecule has 0 aliphatic carbocycles. The van der Waals surface area contributed by atoms with Gasteiger partial charge >= 0.3 is 0 Å². The first-order chi connectivity index (χ1) is 11.1. The monoisotopic (exact) mass is 333 g/mol. The molecule has 1 amide bonds. The van der Waals surface area contributed by atoms with E-state index in [1.165, 1.54) is 0 Å². The van der Waals surface area contributed by atoms with Crippen molar-refractivity contribution < 1.29 is 4.79 Å². The molecule has 0 N–H and O–H groups in total. The molecule has 7 heteroatoms. The van der Waals surface area contributed by atoms with E-state index in [4.69, 9.17) is 0 Å². The van der Waals surface area contributed by atoms with Gasteiger partial charge in [-0.25, -0.2) is 9.97 Å². The Labute approximate surface area is 140 Å². The lowest BCUT2D eigenvalue weighted by Gasteiger charge is -2.32. The van der Waals surface area contributed by atoms with E-state index >= 15 is 0 Å². The molecule has 124 valence electrons. The van der Waals surface area contributed by atoms with E-state index in [2.05, 4.69) is 24.8 Å². The third kappa shape index (κ3) is 3.97. The summed E-state index contributed by atoms with van der Waals surface area (Å²) in [5, 5.41) is 2.08. The summed E-state index contributed by atoms with van der Waals surface area (Å²) in [7, 11) is 3.62. The van der Waals surface area contributed by atoms with Crippen molar-refractivity contribution in [3.05, 3.63) is 34.8 Å². The van der Waals surface area contributed by atoms with Gasteiger partial charge in [-0.05, 0) is 19.4 Å². The smallest absolute Gasteiger partial charge is 0.236 e. The largest absolute Gasteiger partial charge is 0.348 e. The van der Waals surface area contributed by atoms with Crippen LogP contribution < -0.4 is 0 Å². The SMILES string of the molecule is CN(C)C(=O)CN1CCC[C@@H](c2nccn2Cc2cscn2)C1. The molecule has 6 nitrogen and oxygen atoms in total. The molecule has 1 atom stereocenters. The molecule has 1 saturated heterocycles. The molecule has 2 aromatic rings. The average Bonchev–Trinajstić information content (AvgIpc) is 3.19. The van der Waals surface area contributed by atoms with Crippen molar-refractivity contribution in [3.8, 4) is 0 Å². The van der Waals surface area contributed by atoms with Crippen LogP contribution in [0.25, 0.3) is 0 Å². The molecule has 0 aromatic carbocycles. The molecule has 0 spiro atoms. The van der Waals surface area contributed by atoms with Gasteiger partial charge in [-0.2, -0.15) is 0 Å². The summed E-state index contributed by atoms with van der Waals surface area (Å²) < 4.78 is 2.19. The van der Waals surface area contributed by atoms with E-state index in [-0.39, 0.29) is 5.91 Å². The Hall–Kier alpha value is -1.73. The van der Waals surface area contributed by atoms with E-state index in [0.717, 1.165) is 44.0 Å². The number of piperidine rings is 1. The first-order valence-electron chi connectivity index (χ1n) is 7.94. The van der Waals surface area contributed by atoms with Crippen LogP contribution in [0.4, 0.5) is 0 Å². The van der Waals surface area contributed by atoms with E-state index in [1.807, 2.05) is 32.0 Å². The van der Waals surface area contributed by atoms with Gasteiger partial charge in [0.15, 0.2) is 0 Å². The number of amides is 1. The number of likely N-dealkylation sites (tertiary alicyclic amines) is 1. The molecule has 0 radical (unpaired) electrons. The summed E-state index contributed by atoms with van der Waals surface area (Å²) in [5.41, 5.74) is 2.94. The highest BCUT2D eigenvalue weighted by Crippen LogP contribution is 2.26. The fraction of sp³-hybridized carbons (Fsp3) is 0.562. The minimum absolute atomic E-state index is 0.163. The zero-order valence-corrected chi connectivity index (χ0v) is 14.5. The molecule has 2 aromatic heterocycles. The van der Waals surface area contributed by atoms with Crippen molar-refractivity contribution in [2.75, 3.05) is 33.7 Å². The van der Waals surface area contributed by atoms with Gasteiger partial charge in [0, 0.05) is 44.3 Å². The Balaban J connectivity index is 1.67. The lowest BCUT2D eigenvalue weighted by atomic mass is 9.97. The zero-order valence-electron chi connectivity index (χ0n) is 13.7. The van der Waals surface area contributed by atoms with Crippen molar-refractivity contribution in [1.82, 2.24) is 24.3 Å². The van der Waals surface area contributed by atoms with Gasteiger partial charge in [0.05, 0.1) is 24.3 Å². The van der Waals surface area contributed by atoms with Crippen molar-refractivity contribution in [1.29, 1.82) is 0 Å². The summed E-state index contributed by atoms with van der Waals surface area (Å²) in [5.74, 6) is 1.66. The molecule has 0 saturated carbocycles. The summed E-state index contributed by atoms with van der Waals surface area (Å²) >= 11 is 1.62. The number of thiazole rings is 1. The van der Waals surface area contributed by atoms with Crippen molar-refractivity contribution in [2.24, 2.45) is 0 Å². The summed E-state index contributed by atoms with van der Waals surface area (Å²) in [4.78, 5) is 24.8. The molecule has 3 rings (SSSR count). The first-order valence-corrected chi connectivity index (χ1v) is 8.88. The second kappa shape index (κ2) is 7.23. The number of carbonyl (C=O) groups excluding carboxylic acids is 1. The van der Waals surface area contributed by atoms with E-state index in [1.54, 1.807) is 16.2 Å². The van der Waals surface area contributed by atoms with Crippen molar-refractivity contribution in [2.45, 2.75) is 25.3 Å². The van der Waals surface area contributed by atoms with Gasteiger partial charge in [0.25, 0.3) is 0 Å².